The van der Waals surface area contributed by atoms with Crippen molar-refractivity contribution in [2.24, 2.45) is 0 Å². The number of hydrogen-bond acceptors (Lipinski definition) is 3. The fourth-order valence-corrected chi connectivity index (χ4v) is 5.55. The molecule has 2 aliphatic heterocycles. The van der Waals surface area contributed by atoms with Crippen LogP contribution in [0.4, 0.5) is 13.2 Å². The average Bonchev–Trinajstić information content (AvgIpc) is 3.21. The van der Waals surface area contributed by atoms with E-state index in [1.807, 2.05) is 11.8 Å². The molecule has 0 aromatic heterocycles. The zero-order valence-corrected chi connectivity index (χ0v) is 16.5. The van der Waals surface area contributed by atoms with Crippen molar-refractivity contribution in [2.45, 2.75) is 36.9 Å². The molecule has 0 spiro atoms. The third-order valence-electron chi connectivity index (χ3n) is 5.58. The molecular formula is C18H25F3N3O3S+. The van der Waals surface area contributed by atoms with E-state index in [9.17, 15) is 26.4 Å². The van der Waals surface area contributed by atoms with Crippen LogP contribution in [0.3, 0.4) is 0 Å². The van der Waals surface area contributed by atoms with Gasteiger partial charge in [0, 0.05) is 13.1 Å². The van der Waals surface area contributed by atoms with Crippen LogP contribution in [0.15, 0.2) is 29.2 Å². The highest BCUT2D eigenvalue weighted by atomic mass is 32.2. The van der Waals surface area contributed by atoms with Crippen molar-refractivity contribution in [1.29, 1.82) is 0 Å². The molecule has 0 aliphatic carbocycles. The van der Waals surface area contributed by atoms with Gasteiger partial charge in [-0.05, 0) is 31.9 Å². The fourth-order valence-electron chi connectivity index (χ4n) is 3.90. The summed E-state index contributed by atoms with van der Waals surface area (Å²) in [6.45, 7) is 4.28. The van der Waals surface area contributed by atoms with Crippen molar-refractivity contribution >= 4 is 15.9 Å². The maximum Gasteiger partial charge on any atom is 0.417 e. The van der Waals surface area contributed by atoms with Gasteiger partial charge in [-0.2, -0.15) is 17.5 Å². The first kappa shape index (κ1) is 21.1. The Balaban J connectivity index is 1.70. The highest BCUT2D eigenvalue weighted by molar-refractivity contribution is 7.89. The van der Waals surface area contributed by atoms with Gasteiger partial charge >= 0.3 is 6.18 Å². The molecule has 2 saturated heterocycles. The number of amides is 1. The summed E-state index contributed by atoms with van der Waals surface area (Å²) in [5.74, 6) is 0.0613. The molecule has 2 heterocycles. The summed E-state index contributed by atoms with van der Waals surface area (Å²) < 4.78 is 66.4. The van der Waals surface area contributed by atoms with E-state index in [1.165, 1.54) is 12.1 Å². The summed E-state index contributed by atoms with van der Waals surface area (Å²) in [5, 5.41) is 0. The molecule has 3 rings (SSSR count). The Morgan fingerprint density at radius 1 is 1.07 bits per heavy atom. The van der Waals surface area contributed by atoms with E-state index in [0.29, 0.717) is 13.1 Å². The third kappa shape index (κ3) is 4.18. The molecule has 0 unspecified atom stereocenters. The van der Waals surface area contributed by atoms with Gasteiger partial charge in [0.2, 0.25) is 10.0 Å². The number of benzene rings is 1. The number of nitrogens with one attached hydrogen (secondary N) is 1. The zero-order chi connectivity index (χ0) is 20.5. The Morgan fingerprint density at radius 2 is 1.64 bits per heavy atom. The van der Waals surface area contributed by atoms with E-state index in [4.69, 9.17) is 0 Å². The van der Waals surface area contributed by atoms with Crippen molar-refractivity contribution in [1.82, 2.24) is 9.21 Å². The smallest absolute Gasteiger partial charge is 0.338 e. The van der Waals surface area contributed by atoms with Crippen LogP contribution < -0.4 is 4.90 Å². The number of halogens is 3. The van der Waals surface area contributed by atoms with Crippen molar-refractivity contribution in [2.75, 3.05) is 39.3 Å². The molecule has 1 aromatic carbocycles. The van der Waals surface area contributed by atoms with Crippen LogP contribution in [0.2, 0.25) is 0 Å². The normalized spacial score (nSPS) is 21.1. The minimum atomic E-state index is -4.74. The lowest BCUT2D eigenvalue weighted by Gasteiger charge is -2.35. The van der Waals surface area contributed by atoms with Crippen molar-refractivity contribution in [3.8, 4) is 0 Å². The number of piperazine rings is 1. The van der Waals surface area contributed by atoms with Crippen LogP contribution in [0.1, 0.15) is 25.3 Å². The average molecular weight is 420 g/mol. The first-order valence-corrected chi connectivity index (χ1v) is 10.9. The van der Waals surface area contributed by atoms with Gasteiger partial charge in [-0.1, -0.05) is 12.1 Å². The van der Waals surface area contributed by atoms with Crippen LogP contribution in [0.5, 0.6) is 0 Å². The quantitative estimate of drug-likeness (QED) is 0.776. The largest absolute Gasteiger partial charge is 0.417 e. The van der Waals surface area contributed by atoms with Gasteiger partial charge < -0.3 is 9.80 Å². The van der Waals surface area contributed by atoms with E-state index in [2.05, 4.69) is 0 Å². The van der Waals surface area contributed by atoms with E-state index >= 15 is 0 Å². The summed E-state index contributed by atoms with van der Waals surface area (Å²) in [7, 11) is -4.26. The maximum absolute atomic E-state index is 13.2. The number of sulfonamides is 1. The number of likely N-dealkylation sites (tertiary alicyclic amines) is 1. The molecule has 1 aromatic rings. The summed E-state index contributed by atoms with van der Waals surface area (Å²) in [6.07, 6.45) is -2.75. The number of quaternary nitrogens is 1. The van der Waals surface area contributed by atoms with Crippen LogP contribution in [-0.4, -0.2) is 68.8 Å². The molecule has 2 aliphatic rings. The van der Waals surface area contributed by atoms with Gasteiger partial charge in [0.1, 0.15) is 0 Å². The van der Waals surface area contributed by atoms with Gasteiger partial charge in [0.15, 0.2) is 6.04 Å². The number of hydrogen-bond donors (Lipinski definition) is 1. The molecule has 1 amide bonds. The Bertz CT molecular complexity index is 815. The zero-order valence-electron chi connectivity index (χ0n) is 15.7. The molecule has 1 N–H and O–H groups in total. The predicted molar refractivity (Wildman–Crippen MR) is 96.2 cm³/mol. The van der Waals surface area contributed by atoms with Crippen molar-refractivity contribution in [3.63, 3.8) is 0 Å². The molecule has 0 saturated carbocycles. The van der Waals surface area contributed by atoms with Crippen LogP contribution in [-0.2, 0) is 21.0 Å². The predicted octanol–water partition coefficient (Wildman–Crippen LogP) is 0.606. The molecule has 10 heteroatoms. The van der Waals surface area contributed by atoms with E-state index < -0.39 is 26.7 Å². The maximum atomic E-state index is 13.2. The van der Waals surface area contributed by atoms with Crippen LogP contribution in [0.25, 0.3) is 0 Å². The van der Waals surface area contributed by atoms with Gasteiger partial charge in [0.25, 0.3) is 5.91 Å². The second-order valence-corrected chi connectivity index (χ2v) is 9.22. The second-order valence-electron chi connectivity index (χ2n) is 7.31. The first-order chi connectivity index (χ1) is 13.1. The monoisotopic (exact) mass is 420 g/mol. The van der Waals surface area contributed by atoms with E-state index in [1.54, 1.807) is 0 Å². The highest BCUT2D eigenvalue weighted by Gasteiger charge is 2.41. The lowest BCUT2D eigenvalue weighted by atomic mass is 10.2. The Hall–Kier alpha value is -1.65. The van der Waals surface area contributed by atoms with Crippen molar-refractivity contribution < 1.29 is 31.3 Å². The summed E-state index contributed by atoms with van der Waals surface area (Å²) in [4.78, 5) is 14.6. The van der Waals surface area contributed by atoms with E-state index in [0.717, 1.165) is 47.3 Å². The van der Waals surface area contributed by atoms with Gasteiger partial charge in [-0.15, -0.1) is 0 Å². The summed E-state index contributed by atoms with van der Waals surface area (Å²) >= 11 is 0. The summed E-state index contributed by atoms with van der Waals surface area (Å²) in [6, 6.07) is 3.96. The molecule has 156 valence electrons. The minimum absolute atomic E-state index is 0.0613. The fraction of sp³-hybridized carbons (Fsp3) is 0.611. The Morgan fingerprint density at radius 3 is 2.21 bits per heavy atom. The highest BCUT2D eigenvalue weighted by Crippen LogP contribution is 2.35. The molecule has 2 fully saturated rings. The SMILES string of the molecule is C[C@H](C(=O)N1CCCC1)[NH+]1CCN(S(=O)(=O)c2ccccc2C(F)(F)F)CC1. The second kappa shape index (κ2) is 8.00. The molecule has 28 heavy (non-hydrogen) atoms. The molecule has 6 nitrogen and oxygen atoms in total. The lowest BCUT2D eigenvalue weighted by Crippen LogP contribution is -3.19. The number of nitrogens with zero attached hydrogens (tertiary/aromatic N) is 2. The Labute approximate surface area is 162 Å². The van der Waals surface area contributed by atoms with Gasteiger partial charge in [0.05, 0.1) is 36.6 Å². The number of rotatable bonds is 4. The lowest BCUT2D eigenvalue weighted by molar-refractivity contribution is -0.918. The number of carbonyl (C=O) groups is 1. The third-order valence-corrected chi connectivity index (χ3v) is 7.53. The van der Waals surface area contributed by atoms with Crippen molar-refractivity contribution in [3.05, 3.63) is 29.8 Å². The topological polar surface area (TPSA) is 62.1 Å². The van der Waals surface area contributed by atoms with Crippen LogP contribution >= 0.6 is 0 Å². The standard InChI is InChI=1S/C18H24F3N3O3S/c1-14(17(25)23-8-4-5-9-23)22-10-12-24(13-11-22)28(26,27)16-7-3-2-6-15(16)18(19,20)21/h2-3,6-7,14H,4-5,8-13H2,1H3/p+1/t14-/m1/s1. The van der Waals surface area contributed by atoms with Gasteiger partial charge in [-0.3, -0.25) is 4.79 Å². The molecule has 0 bridgehead atoms. The number of alkyl halides is 3. The Kier molecular flexibility index (Phi) is 6.02. The first-order valence-electron chi connectivity index (χ1n) is 9.42. The molecule has 0 radical (unpaired) electrons. The number of carbonyl (C=O) groups excluding carboxylic acids is 1. The summed E-state index contributed by atoms with van der Waals surface area (Å²) in [5.41, 5.74) is -1.15. The van der Waals surface area contributed by atoms with Crippen LogP contribution in [0, 0.1) is 0 Å². The molecule has 1 atom stereocenters. The minimum Gasteiger partial charge on any atom is -0.338 e. The van der Waals surface area contributed by atoms with Gasteiger partial charge in [-0.25, -0.2) is 8.42 Å². The molecular weight excluding hydrogens is 395 g/mol. The van der Waals surface area contributed by atoms with E-state index in [-0.39, 0.29) is 25.0 Å².